The number of hydrogen-bond donors (Lipinski definition) is 2. The van der Waals surface area contributed by atoms with Gasteiger partial charge < -0.3 is 15.2 Å². The number of nitrogens with zero attached hydrogens (tertiary/aromatic N) is 4. The Kier molecular flexibility index (Phi) is 7.33. The average molecular weight is 440 g/mol. The van der Waals surface area contributed by atoms with Gasteiger partial charge in [0, 0.05) is 29.9 Å². The van der Waals surface area contributed by atoms with Crippen molar-refractivity contribution >= 4 is 35.0 Å². The molecule has 0 atom stereocenters. The van der Waals surface area contributed by atoms with E-state index in [1.807, 2.05) is 25.1 Å². The first-order valence-corrected chi connectivity index (χ1v) is 10.4. The first-order valence-electron chi connectivity index (χ1n) is 9.40. The summed E-state index contributed by atoms with van der Waals surface area (Å²) in [5.74, 6) is 0.0630. The fraction of sp³-hybridized carbons (Fsp3) is 0.200. The summed E-state index contributed by atoms with van der Waals surface area (Å²) >= 11 is 1.25. The van der Waals surface area contributed by atoms with E-state index < -0.39 is 10.8 Å². The van der Waals surface area contributed by atoms with Crippen LogP contribution in [0, 0.1) is 10.1 Å². The lowest BCUT2D eigenvalue weighted by Crippen LogP contribution is -2.25. The number of hydrogen-bond acceptors (Lipinski definition) is 7. The number of anilines is 1. The number of amides is 2. The van der Waals surface area contributed by atoms with Gasteiger partial charge >= 0.3 is 0 Å². The van der Waals surface area contributed by atoms with Crippen LogP contribution in [0.2, 0.25) is 0 Å². The van der Waals surface area contributed by atoms with E-state index in [0.29, 0.717) is 17.5 Å². The number of rotatable bonds is 9. The summed E-state index contributed by atoms with van der Waals surface area (Å²) < 4.78 is 1.80. The highest BCUT2D eigenvalue weighted by molar-refractivity contribution is 7.99. The molecule has 0 unspecified atom stereocenters. The third-order valence-corrected chi connectivity index (χ3v) is 5.19. The van der Waals surface area contributed by atoms with Gasteiger partial charge in [0.15, 0.2) is 11.0 Å². The van der Waals surface area contributed by atoms with Gasteiger partial charge in [-0.15, -0.1) is 10.2 Å². The zero-order valence-electron chi connectivity index (χ0n) is 16.6. The average Bonchev–Trinajstić information content (AvgIpc) is 3.18. The van der Waals surface area contributed by atoms with Crippen molar-refractivity contribution < 1.29 is 14.5 Å². The summed E-state index contributed by atoms with van der Waals surface area (Å²) in [6.45, 7) is 2.56. The highest BCUT2D eigenvalue weighted by Crippen LogP contribution is 2.18. The zero-order valence-corrected chi connectivity index (χ0v) is 17.5. The van der Waals surface area contributed by atoms with E-state index in [2.05, 4.69) is 20.8 Å². The first-order chi connectivity index (χ1) is 15.0. The monoisotopic (exact) mass is 440 g/mol. The van der Waals surface area contributed by atoms with E-state index in [9.17, 15) is 19.7 Å². The number of nitro groups is 1. The Morgan fingerprint density at radius 1 is 1.13 bits per heavy atom. The Balaban J connectivity index is 1.58. The molecule has 0 aliphatic carbocycles. The van der Waals surface area contributed by atoms with Gasteiger partial charge in [0.1, 0.15) is 0 Å². The van der Waals surface area contributed by atoms with Gasteiger partial charge in [0.25, 0.3) is 11.6 Å². The van der Waals surface area contributed by atoms with Crippen LogP contribution < -0.4 is 10.6 Å². The van der Waals surface area contributed by atoms with Crippen molar-refractivity contribution in [2.45, 2.75) is 25.2 Å². The van der Waals surface area contributed by atoms with Crippen LogP contribution in [0.3, 0.4) is 0 Å². The highest BCUT2D eigenvalue weighted by atomic mass is 32.2. The fourth-order valence-corrected chi connectivity index (χ4v) is 3.57. The number of benzene rings is 2. The van der Waals surface area contributed by atoms with Crippen molar-refractivity contribution in [3.63, 3.8) is 0 Å². The predicted octanol–water partition coefficient (Wildman–Crippen LogP) is 2.87. The molecule has 2 aromatic carbocycles. The zero-order chi connectivity index (χ0) is 22.2. The van der Waals surface area contributed by atoms with Crippen LogP contribution in [0.15, 0.2) is 59.8 Å². The molecule has 0 fully saturated rings. The van der Waals surface area contributed by atoms with E-state index in [1.54, 1.807) is 16.7 Å². The summed E-state index contributed by atoms with van der Waals surface area (Å²) in [4.78, 5) is 34.8. The molecule has 0 aliphatic rings. The highest BCUT2D eigenvalue weighted by Gasteiger charge is 2.16. The van der Waals surface area contributed by atoms with Crippen LogP contribution in [0.1, 0.15) is 23.1 Å². The molecule has 11 heteroatoms. The topological polar surface area (TPSA) is 132 Å². The normalized spacial score (nSPS) is 10.5. The van der Waals surface area contributed by atoms with Crippen molar-refractivity contribution in [1.29, 1.82) is 0 Å². The molecule has 1 heterocycles. The minimum atomic E-state index is -0.554. The Labute approximate surface area is 182 Å². The molecule has 31 heavy (non-hydrogen) atoms. The van der Waals surface area contributed by atoms with Crippen LogP contribution in [0.5, 0.6) is 0 Å². The third kappa shape index (κ3) is 5.89. The molecule has 0 bridgehead atoms. The number of aromatic nitrogens is 3. The minimum Gasteiger partial charge on any atom is -0.345 e. The number of nitro benzene ring substituents is 1. The number of carbonyl (C=O) groups excluding carboxylic acids is 2. The van der Waals surface area contributed by atoms with Gasteiger partial charge in [-0.3, -0.25) is 19.7 Å². The first kappa shape index (κ1) is 22.0. The van der Waals surface area contributed by atoms with Crippen LogP contribution in [0.4, 0.5) is 11.4 Å². The second-order valence-corrected chi connectivity index (χ2v) is 7.28. The molecular formula is C20H20N6O4S. The molecule has 3 aromatic rings. The lowest BCUT2D eigenvalue weighted by atomic mass is 10.2. The van der Waals surface area contributed by atoms with Crippen LogP contribution in [0.25, 0.3) is 0 Å². The fourth-order valence-electron chi connectivity index (χ4n) is 2.74. The van der Waals surface area contributed by atoms with Gasteiger partial charge in [-0.25, -0.2) is 0 Å². The Bertz CT molecular complexity index is 1090. The Morgan fingerprint density at radius 2 is 1.90 bits per heavy atom. The Morgan fingerprint density at radius 3 is 2.61 bits per heavy atom. The molecule has 0 radical (unpaired) electrons. The summed E-state index contributed by atoms with van der Waals surface area (Å²) in [6.07, 6.45) is 0. The maximum absolute atomic E-state index is 12.3. The van der Waals surface area contributed by atoms with Crippen molar-refractivity contribution in [2.24, 2.45) is 0 Å². The maximum atomic E-state index is 12.3. The second kappa shape index (κ2) is 10.3. The molecule has 0 aliphatic heterocycles. The Hall–Kier alpha value is -3.73. The van der Waals surface area contributed by atoms with E-state index in [1.165, 1.54) is 36.0 Å². The van der Waals surface area contributed by atoms with E-state index in [4.69, 9.17) is 0 Å². The molecule has 160 valence electrons. The maximum Gasteiger partial charge on any atom is 0.270 e. The summed E-state index contributed by atoms with van der Waals surface area (Å²) in [6, 6.07) is 14.6. The van der Waals surface area contributed by atoms with E-state index >= 15 is 0 Å². The van der Waals surface area contributed by atoms with Gasteiger partial charge in [0.05, 0.1) is 17.2 Å². The van der Waals surface area contributed by atoms with Crippen LogP contribution in [-0.2, 0) is 17.9 Å². The van der Waals surface area contributed by atoms with Gasteiger partial charge in [-0.05, 0) is 25.1 Å². The largest absolute Gasteiger partial charge is 0.345 e. The standard InChI is InChI=1S/C20H20N6O4S/c1-2-25-17(12-21-19(28)14-7-6-10-16(11-14)26(29)30)23-24-20(25)31-13-18(27)22-15-8-4-3-5-9-15/h3-11H,2,12-13H2,1H3,(H,21,28)(H,22,27). The van der Waals surface area contributed by atoms with Crippen molar-refractivity contribution in [3.05, 3.63) is 76.1 Å². The molecule has 0 saturated carbocycles. The molecule has 2 amide bonds. The minimum absolute atomic E-state index is 0.0964. The molecule has 10 nitrogen and oxygen atoms in total. The SMILES string of the molecule is CCn1c(CNC(=O)c2cccc([N+](=O)[O-])c2)nnc1SCC(=O)Nc1ccccc1. The molecular weight excluding hydrogens is 420 g/mol. The van der Waals surface area contributed by atoms with E-state index in [-0.39, 0.29) is 29.5 Å². The smallest absolute Gasteiger partial charge is 0.270 e. The van der Waals surface area contributed by atoms with Gasteiger partial charge in [0.2, 0.25) is 5.91 Å². The molecule has 2 N–H and O–H groups in total. The summed E-state index contributed by atoms with van der Waals surface area (Å²) in [5.41, 5.74) is 0.746. The summed E-state index contributed by atoms with van der Waals surface area (Å²) in [7, 11) is 0. The lowest BCUT2D eigenvalue weighted by molar-refractivity contribution is -0.384. The molecule has 1 aromatic heterocycles. The summed E-state index contributed by atoms with van der Waals surface area (Å²) in [5, 5.41) is 25.1. The van der Waals surface area contributed by atoms with Crippen molar-refractivity contribution in [3.8, 4) is 0 Å². The number of carbonyl (C=O) groups is 2. The second-order valence-electron chi connectivity index (χ2n) is 6.34. The number of para-hydroxylation sites is 1. The van der Waals surface area contributed by atoms with Crippen molar-refractivity contribution in [2.75, 3.05) is 11.1 Å². The molecule has 3 rings (SSSR count). The predicted molar refractivity (Wildman–Crippen MR) is 116 cm³/mol. The van der Waals surface area contributed by atoms with E-state index in [0.717, 1.165) is 5.69 Å². The number of nitrogens with one attached hydrogen (secondary N) is 2. The van der Waals surface area contributed by atoms with Gasteiger partial charge in [-0.2, -0.15) is 0 Å². The van der Waals surface area contributed by atoms with Gasteiger partial charge in [-0.1, -0.05) is 36.0 Å². The number of thioether (sulfide) groups is 1. The van der Waals surface area contributed by atoms with Crippen molar-refractivity contribution in [1.82, 2.24) is 20.1 Å². The quantitative estimate of drug-likeness (QED) is 0.297. The lowest BCUT2D eigenvalue weighted by Gasteiger charge is -2.09. The van der Waals surface area contributed by atoms with Crippen LogP contribution in [-0.4, -0.2) is 37.3 Å². The van der Waals surface area contributed by atoms with Crippen LogP contribution >= 0.6 is 11.8 Å². The number of non-ortho nitro benzene ring substituents is 1. The molecule has 0 spiro atoms. The third-order valence-electron chi connectivity index (χ3n) is 4.23. The molecule has 0 saturated heterocycles.